The Balaban J connectivity index is 2.42. The van der Waals surface area contributed by atoms with Crippen LogP contribution in [0.1, 0.15) is 16.8 Å². The maximum Gasteiger partial charge on any atom is 0.261 e. The molecule has 1 atom stereocenters. The van der Waals surface area contributed by atoms with E-state index < -0.39 is 37.1 Å². The number of hydrogen-bond donors (Lipinski definition) is 0. The molecule has 1 aliphatic rings. The number of ether oxygens (including phenoxy) is 1. The molecule has 1 aromatic carbocycles. The number of likely N-dealkylation sites (N-methyl/N-ethyl adjacent to an activating group) is 1. The highest BCUT2D eigenvalue weighted by molar-refractivity contribution is 8.13. The highest BCUT2D eigenvalue weighted by atomic mass is 35.7. The Morgan fingerprint density at radius 2 is 2.10 bits per heavy atom. The van der Waals surface area contributed by atoms with Crippen LogP contribution in [0.4, 0.5) is 8.78 Å². The average Bonchev–Trinajstić information content (AvgIpc) is 2.92. The predicted octanol–water partition coefficient (Wildman–Crippen LogP) is 1.75. The molecule has 2 rings (SSSR count). The van der Waals surface area contributed by atoms with Crippen molar-refractivity contribution in [3.63, 3.8) is 0 Å². The number of carbonyl (C=O) groups excluding carboxylic acids is 1. The molecule has 5 nitrogen and oxygen atoms in total. The van der Waals surface area contributed by atoms with E-state index in [1.165, 1.54) is 11.9 Å². The van der Waals surface area contributed by atoms with Crippen molar-refractivity contribution in [2.45, 2.75) is 17.4 Å². The fourth-order valence-corrected chi connectivity index (χ4v) is 2.81. The molecular formula is C12H12ClF2NO4S. The van der Waals surface area contributed by atoms with Crippen molar-refractivity contribution in [1.82, 2.24) is 4.90 Å². The number of nitrogens with zero attached hydrogens (tertiary/aromatic N) is 1. The van der Waals surface area contributed by atoms with Crippen LogP contribution in [-0.4, -0.2) is 45.5 Å². The molecular weight excluding hydrogens is 328 g/mol. The molecule has 1 heterocycles. The minimum Gasteiger partial charge on any atom is -0.379 e. The van der Waals surface area contributed by atoms with Crippen LogP contribution >= 0.6 is 10.7 Å². The van der Waals surface area contributed by atoms with Crippen LogP contribution in [0.2, 0.25) is 0 Å². The second-order valence-corrected chi connectivity index (χ2v) is 7.20. The maximum absolute atomic E-state index is 13.8. The first kappa shape index (κ1) is 16.1. The number of rotatable bonds is 3. The summed E-state index contributed by atoms with van der Waals surface area (Å²) in [6.45, 7) is 0.759. The van der Waals surface area contributed by atoms with Crippen molar-refractivity contribution in [3.8, 4) is 0 Å². The van der Waals surface area contributed by atoms with Gasteiger partial charge in [-0.1, -0.05) is 0 Å². The van der Waals surface area contributed by atoms with Gasteiger partial charge in [-0.15, -0.1) is 0 Å². The van der Waals surface area contributed by atoms with Crippen molar-refractivity contribution in [1.29, 1.82) is 0 Å². The van der Waals surface area contributed by atoms with Gasteiger partial charge < -0.3 is 9.64 Å². The first-order valence-electron chi connectivity index (χ1n) is 6.00. The lowest BCUT2D eigenvalue weighted by Gasteiger charge is -2.23. The zero-order valence-corrected chi connectivity index (χ0v) is 12.5. The van der Waals surface area contributed by atoms with E-state index in [9.17, 15) is 22.0 Å². The molecule has 21 heavy (non-hydrogen) atoms. The van der Waals surface area contributed by atoms with Crippen molar-refractivity contribution in [2.24, 2.45) is 0 Å². The third kappa shape index (κ3) is 3.33. The van der Waals surface area contributed by atoms with Crippen molar-refractivity contribution in [2.75, 3.05) is 20.3 Å². The predicted molar refractivity (Wildman–Crippen MR) is 70.7 cm³/mol. The maximum atomic E-state index is 13.8. The van der Waals surface area contributed by atoms with Crippen LogP contribution in [0.5, 0.6) is 0 Å². The summed E-state index contributed by atoms with van der Waals surface area (Å²) in [4.78, 5) is 12.7. The van der Waals surface area contributed by atoms with Crippen LogP contribution in [0.3, 0.4) is 0 Å². The Labute approximate surface area is 124 Å². The number of amides is 1. The van der Waals surface area contributed by atoms with E-state index in [0.29, 0.717) is 25.7 Å². The summed E-state index contributed by atoms with van der Waals surface area (Å²) in [6, 6.07) is 0.902. The van der Waals surface area contributed by atoms with Gasteiger partial charge in [0.05, 0.1) is 23.1 Å². The zero-order chi connectivity index (χ0) is 15.8. The van der Waals surface area contributed by atoms with E-state index in [1.807, 2.05) is 0 Å². The summed E-state index contributed by atoms with van der Waals surface area (Å²) >= 11 is 0. The standard InChI is InChI=1S/C12H12ClF2NO4S/c1-16(7-2-3-20-6-7)12(17)9-4-8(21(13,18)19)5-10(14)11(9)15/h4-5,7H,2-3,6H2,1H3. The molecule has 0 spiro atoms. The Hall–Kier alpha value is -1.25. The van der Waals surface area contributed by atoms with Gasteiger partial charge in [-0.05, 0) is 18.6 Å². The fraction of sp³-hybridized carbons (Fsp3) is 0.417. The molecule has 116 valence electrons. The number of halogens is 3. The van der Waals surface area contributed by atoms with Gasteiger partial charge in [0.2, 0.25) is 0 Å². The van der Waals surface area contributed by atoms with Crippen LogP contribution in [-0.2, 0) is 13.8 Å². The molecule has 1 aromatic rings. The summed E-state index contributed by atoms with van der Waals surface area (Å²) < 4.78 is 54.8. The highest BCUT2D eigenvalue weighted by Crippen LogP contribution is 2.23. The van der Waals surface area contributed by atoms with Gasteiger partial charge in [-0.25, -0.2) is 17.2 Å². The second-order valence-electron chi connectivity index (χ2n) is 4.64. The topological polar surface area (TPSA) is 63.7 Å². The molecule has 0 N–H and O–H groups in total. The molecule has 0 saturated carbocycles. The molecule has 1 aliphatic heterocycles. The quantitative estimate of drug-likeness (QED) is 0.787. The van der Waals surface area contributed by atoms with E-state index in [0.717, 1.165) is 6.07 Å². The molecule has 1 unspecified atom stereocenters. The number of benzene rings is 1. The summed E-state index contributed by atoms with van der Waals surface area (Å²) in [6.07, 6.45) is 0.569. The minimum atomic E-state index is -4.27. The zero-order valence-electron chi connectivity index (χ0n) is 11.0. The van der Waals surface area contributed by atoms with Crippen molar-refractivity contribution >= 4 is 25.6 Å². The third-order valence-corrected chi connectivity index (χ3v) is 4.62. The largest absolute Gasteiger partial charge is 0.379 e. The first-order valence-corrected chi connectivity index (χ1v) is 8.31. The molecule has 1 fully saturated rings. The van der Waals surface area contributed by atoms with Gasteiger partial charge in [0.1, 0.15) is 0 Å². The van der Waals surface area contributed by atoms with Gasteiger partial charge in [-0.3, -0.25) is 4.79 Å². The van der Waals surface area contributed by atoms with Gasteiger partial charge in [0, 0.05) is 24.3 Å². The summed E-state index contributed by atoms with van der Waals surface area (Å²) in [5, 5.41) is 0. The molecule has 1 saturated heterocycles. The number of hydrogen-bond acceptors (Lipinski definition) is 4. The summed E-state index contributed by atoms with van der Waals surface area (Å²) in [5.74, 6) is -3.69. The lowest BCUT2D eigenvalue weighted by Crippen LogP contribution is -2.38. The van der Waals surface area contributed by atoms with Crippen molar-refractivity contribution in [3.05, 3.63) is 29.3 Å². The van der Waals surface area contributed by atoms with Gasteiger partial charge in [0.15, 0.2) is 11.6 Å². The summed E-state index contributed by atoms with van der Waals surface area (Å²) in [7, 11) is 2.25. The van der Waals surface area contributed by atoms with Gasteiger partial charge in [0.25, 0.3) is 15.0 Å². The van der Waals surface area contributed by atoms with E-state index in [-0.39, 0.29) is 6.04 Å². The molecule has 1 amide bonds. The molecule has 0 bridgehead atoms. The van der Waals surface area contributed by atoms with Gasteiger partial charge in [-0.2, -0.15) is 0 Å². The Morgan fingerprint density at radius 3 is 2.62 bits per heavy atom. The van der Waals surface area contributed by atoms with Crippen LogP contribution in [0.15, 0.2) is 17.0 Å². The smallest absolute Gasteiger partial charge is 0.261 e. The SMILES string of the molecule is CN(C(=O)c1cc(S(=O)(=O)Cl)cc(F)c1F)C1CCOC1. The van der Waals surface area contributed by atoms with E-state index >= 15 is 0 Å². The molecule has 0 radical (unpaired) electrons. The van der Waals surface area contributed by atoms with E-state index in [2.05, 4.69) is 0 Å². The second kappa shape index (κ2) is 5.86. The van der Waals surface area contributed by atoms with E-state index in [4.69, 9.17) is 15.4 Å². The van der Waals surface area contributed by atoms with Gasteiger partial charge >= 0.3 is 0 Å². The average molecular weight is 340 g/mol. The third-order valence-electron chi connectivity index (χ3n) is 3.29. The lowest BCUT2D eigenvalue weighted by atomic mass is 10.1. The fourth-order valence-electron chi connectivity index (χ4n) is 2.04. The molecule has 0 aromatic heterocycles. The Bertz CT molecular complexity index is 674. The normalized spacial score (nSPS) is 18.8. The number of carbonyl (C=O) groups is 1. The van der Waals surface area contributed by atoms with Crippen LogP contribution < -0.4 is 0 Å². The van der Waals surface area contributed by atoms with Crippen LogP contribution in [0, 0.1) is 11.6 Å². The Kier molecular flexibility index (Phi) is 4.50. The van der Waals surface area contributed by atoms with Crippen LogP contribution in [0.25, 0.3) is 0 Å². The van der Waals surface area contributed by atoms with Crippen molar-refractivity contribution < 1.29 is 26.7 Å². The first-order chi connectivity index (χ1) is 9.71. The minimum absolute atomic E-state index is 0.267. The molecule has 0 aliphatic carbocycles. The summed E-state index contributed by atoms with van der Waals surface area (Å²) in [5.41, 5.74) is -0.677. The highest BCUT2D eigenvalue weighted by Gasteiger charge is 2.29. The van der Waals surface area contributed by atoms with E-state index in [1.54, 1.807) is 0 Å². The monoisotopic (exact) mass is 339 g/mol. The lowest BCUT2D eigenvalue weighted by molar-refractivity contribution is 0.0705. The molecule has 9 heteroatoms. The Morgan fingerprint density at radius 1 is 1.43 bits per heavy atom.